The molecule has 104 valence electrons. The number of rotatable bonds is 5. The maximum absolute atomic E-state index is 11.9. The number of hydrogen-bond acceptors (Lipinski definition) is 5. The zero-order valence-corrected chi connectivity index (χ0v) is 11.2. The van der Waals surface area contributed by atoms with Gasteiger partial charge in [0.25, 0.3) is 5.91 Å². The summed E-state index contributed by atoms with van der Waals surface area (Å²) in [5.41, 5.74) is 1.57. The molecule has 0 unspecified atom stereocenters. The fourth-order valence-electron chi connectivity index (χ4n) is 1.53. The highest BCUT2D eigenvalue weighted by Crippen LogP contribution is 2.17. The van der Waals surface area contributed by atoms with Crippen molar-refractivity contribution < 1.29 is 19.8 Å². The van der Waals surface area contributed by atoms with Crippen molar-refractivity contribution in [2.45, 2.75) is 13.0 Å². The number of nitrogens with zero attached hydrogens (tertiary/aromatic N) is 1. The normalized spacial score (nSPS) is 10.2. The van der Waals surface area contributed by atoms with Crippen molar-refractivity contribution in [2.24, 2.45) is 0 Å². The van der Waals surface area contributed by atoms with Gasteiger partial charge in [0.05, 0.1) is 18.7 Å². The van der Waals surface area contributed by atoms with Gasteiger partial charge in [-0.15, -0.1) is 11.3 Å². The maximum Gasteiger partial charge on any atom is 0.309 e. The molecule has 6 nitrogen and oxygen atoms in total. The molecule has 0 saturated heterocycles. The number of benzene rings is 1. The molecule has 2 aromatic rings. The standard InChI is InChI=1S/C13H12N2O4S/c16-6-8-1-3-9(4-2-8)12(19)15-13-14-10(7-20-13)5-11(17)18/h1-4,7,16H,5-6H2,(H,17,18)(H,14,15,19). The topological polar surface area (TPSA) is 99.5 Å². The van der Waals surface area contributed by atoms with Gasteiger partial charge < -0.3 is 10.2 Å². The van der Waals surface area contributed by atoms with Crippen LogP contribution in [0.1, 0.15) is 21.6 Å². The minimum atomic E-state index is -0.965. The minimum absolute atomic E-state index is 0.0765. The molecular formula is C13H12N2O4S. The first-order chi connectivity index (χ1) is 9.58. The summed E-state index contributed by atoms with van der Waals surface area (Å²) in [4.78, 5) is 26.5. The zero-order valence-electron chi connectivity index (χ0n) is 10.4. The first-order valence-electron chi connectivity index (χ1n) is 5.76. The van der Waals surface area contributed by atoms with Crippen molar-refractivity contribution in [3.63, 3.8) is 0 Å². The van der Waals surface area contributed by atoms with E-state index in [0.717, 1.165) is 5.56 Å². The maximum atomic E-state index is 11.9. The predicted molar refractivity (Wildman–Crippen MR) is 73.8 cm³/mol. The first kappa shape index (κ1) is 14.2. The van der Waals surface area contributed by atoms with Crippen LogP contribution in [0.4, 0.5) is 5.13 Å². The van der Waals surface area contributed by atoms with Crippen LogP contribution in [0.3, 0.4) is 0 Å². The number of carbonyl (C=O) groups is 2. The first-order valence-corrected chi connectivity index (χ1v) is 6.64. The van der Waals surface area contributed by atoms with E-state index in [1.807, 2.05) is 0 Å². The molecule has 0 aliphatic heterocycles. The summed E-state index contributed by atoms with van der Waals surface area (Å²) in [6.07, 6.45) is -0.169. The number of anilines is 1. The highest BCUT2D eigenvalue weighted by atomic mass is 32.1. The van der Waals surface area contributed by atoms with Crippen molar-refractivity contribution in [1.29, 1.82) is 0 Å². The van der Waals surface area contributed by atoms with Crippen molar-refractivity contribution in [2.75, 3.05) is 5.32 Å². The van der Waals surface area contributed by atoms with E-state index in [-0.39, 0.29) is 18.9 Å². The number of hydrogen-bond donors (Lipinski definition) is 3. The van der Waals surface area contributed by atoms with Crippen LogP contribution in [-0.2, 0) is 17.8 Å². The number of nitrogens with one attached hydrogen (secondary N) is 1. The summed E-state index contributed by atoms with van der Waals surface area (Å²) in [5.74, 6) is -1.29. The van der Waals surface area contributed by atoms with Gasteiger partial charge in [-0.2, -0.15) is 0 Å². The van der Waals surface area contributed by atoms with Gasteiger partial charge in [-0.25, -0.2) is 4.98 Å². The highest BCUT2D eigenvalue weighted by Gasteiger charge is 2.10. The van der Waals surface area contributed by atoms with E-state index >= 15 is 0 Å². The summed E-state index contributed by atoms with van der Waals surface area (Å²) >= 11 is 1.18. The average molecular weight is 292 g/mol. The fraction of sp³-hybridized carbons (Fsp3) is 0.154. The van der Waals surface area contributed by atoms with Crippen LogP contribution in [0.15, 0.2) is 29.6 Å². The Bertz CT molecular complexity index is 622. The number of aliphatic hydroxyl groups is 1. The van der Waals surface area contributed by atoms with Crippen LogP contribution < -0.4 is 5.32 Å². The van der Waals surface area contributed by atoms with E-state index in [0.29, 0.717) is 16.4 Å². The summed E-state index contributed by atoms with van der Waals surface area (Å²) in [5, 5.41) is 22.1. The molecule has 1 amide bonds. The van der Waals surface area contributed by atoms with Gasteiger partial charge >= 0.3 is 5.97 Å². The van der Waals surface area contributed by atoms with E-state index < -0.39 is 5.97 Å². The number of carboxylic acids is 1. The smallest absolute Gasteiger partial charge is 0.309 e. The Morgan fingerprint density at radius 2 is 1.95 bits per heavy atom. The van der Waals surface area contributed by atoms with Gasteiger partial charge in [-0.3, -0.25) is 14.9 Å². The number of thiazole rings is 1. The summed E-state index contributed by atoms with van der Waals surface area (Å²) in [6.45, 7) is -0.0765. The molecule has 1 aromatic heterocycles. The van der Waals surface area contributed by atoms with Crippen molar-refractivity contribution in [3.05, 3.63) is 46.5 Å². The summed E-state index contributed by atoms with van der Waals surface area (Å²) in [7, 11) is 0. The number of carbonyl (C=O) groups excluding carboxylic acids is 1. The van der Waals surface area contributed by atoms with Crippen molar-refractivity contribution >= 4 is 28.3 Å². The molecule has 7 heteroatoms. The van der Waals surface area contributed by atoms with Gasteiger partial charge in [-0.05, 0) is 17.7 Å². The van der Waals surface area contributed by atoms with Crippen LogP contribution in [0.2, 0.25) is 0 Å². The third kappa shape index (κ3) is 3.62. The SMILES string of the molecule is O=C(O)Cc1csc(NC(=O)c2ccc(CO)cc2)n1. The second kappa shape index (κ2) is 6.27. The van der Waals surface area contributed by atoms with E-state index in [1.165, 1.54) is 11.3 Å². The van der Waals surface area contributed by atoms with Crippen molar-refractivity contribution in [3.8, 4) is 0 Å². The molecule has 0 aliphatic rings. The molecule has 1 aromatic carbocycles. The third-order valence-corrected chi connectivity index (χ3v) is 3.31. The monoisotopic (exact) mass is 292 g/mol. The molecule has 3 N–H and O–H groups in total. The number of amides is 1. The van der Waals surface area contributed by atoms with Crippen LogP contribution >= 0.6 is 11.3 Å². The molecule has 0 bridgehead atoms. The second-order valence-corrected chi connectivity index (χ2v) is 4.88. The molecule has 20 heavy (non-hydrogen) atoms. The van der Waals surface area contributed by atoms with Crippen molar-refractivity contribution in [1.82, 2.24) is 4.98 Å². The van der Waals surface area contributed by atoms with E-state index in [2.05, 4.69) is 10.3 Å². The molecule has 0 fully saturated rings. The number of carboxylic acid groups (broad SMARTS) is 1. The number of aromatic nitrogens is 1. The molecule has 0 saturated carbocycles. The lowest BCUT2D eigenvalue weighted by atomic mass is 10.1. The van der Waals surface area contributed by atoms with E-state index in [1.54, 1.807) is 29.6 Å². The lowest BCUT2D eigenvalue weighted by Crippen LogP contribution is -2.12. The van der Waals surface area contributed by atoms with E-state index in [9.17, 15) is 9.59 Å². The molecule has 0 radical (unpaired) electrons. The zero-order chi connectivity index (χ0) is 14.5. The Balaban J connectivity index is 2.03. The molecule has 0 atom stereocenters. The predicted octanol–water partition coefficient (Wildman–Crippen LogP) is 1.51. The summed E-state index contributed by atoms with van der Waals surface area (Å²) in [6, 6.07) is 6.53. The van der Waals surface area contributed by atoms with E-state index in [4.69, 9.17) is 10.2 Å². The Hall–Kier alpha value is -2.25. The van der Waals surface area contributed by atoms with Gasteiger partial charge in [0, 0.05) is 10.9 Å². The van der Waals surface area contributed by atoms with Crippen LogP contribution in [0.5, 0.6) is 0 Å². The fourth-order valence-corrected chi connectivity index (χ4v) is 2.24. The van der Waals surface area contributed by atoms with Gasteiger partial charge in [0.15, 0.2) is 5.13 Å². The van der Waals surface area contributed by atoms with Gasteiger partial charge in [0.2, 0.25) is 0 Å². The van der Waals surface area contributed by atoms with Gasteiger partial charge in [0.1, 0.15) is 0 Å². The number of aliphatic carboxylic acids is 1. The molecule has 1 heterocycles. The Labute approximate surface area is 118 Å². The second-order valence-electron chi connectivity index (χ2n) is 4.02. The largest absolute Gasteiger partial charge is 0.481 e. The minimum Gasteiger partial charge on any atom is -0.481 e. The van der Waals surface area contributed by atoms with Crippen LogP contribution in [0, 0.1) is 0 Å². The number of aliphatic hydroxyl groups excluding tert-OH is 1. The lowest BCUT2D eigenvalue weighted by molar-refractivity contribution is -0.136. The Morgan fingerprint density at radius 3 is 2.55 bits per heavy atom. The molecular weight excluding hydrogens is 280 g/mol. The molecule has 2 rings (SSSR count). The summed E-state index contributed by atoms with van der Waals surface area (Å²) < 4.78 is 0. The lowest BCUT2D eigenvalue weighted by Gasteiger charge is -2.02. The Kier molecular flexibility index (Phi) is 4.44. The van der Waals surface area contributed by atoms with Crippen LogP contribution in [-0.4, -0.2) is 27.1 Å². The quantitative estimate of drug-likeness (QED) is 0.775. The molecule has 0 spiro atoms. The third-order valence-electron chi connectivity index (χ3n) is 2.50. The van der Waals surface area contributed by atoms with Gasteiger partial charge in [-0.1, -0.05) is 12.1 Å². The van der Waals surface area contributed by atoms with Crippen LogP contribution in [0.25, 0.3) is 0 Å². The average Bonchev–Trinajstić information content (AvgIpc) is 2.85. The highest BCUT2D eigenvalue weighted by molar-refractivity contribution is 7.14. The molecule has 0 aliphatic carbocycles. The Morgan fingerprint density at radius 1 is 1.25 bits per heavy atom.